The Morgan fingerprint density at radius 3 is 2.43 bits per heavy atom. The number of hydrogen-bond donors (Lipinski definition) is 0. The van der Waals surface area contributed by atoms with E-state index < -0.39 is 29.6 Å². The van der Waals surface area contributed by atoms with Gasteiger partial charge in [0.1, 0.15) is 12.2 Å². The molecule has 23 heavy (non-hydrogen) atoms. The molecule has 2 rings (SSSR count). The zero-order valence-electron chi connectivity index (χ0n) is 13.3. The fourth-order valence-electron chi connectivity index (χ4n) is 2.02. The summed E-state index contributed by atoms with van der Waals surface area (Å²) >= 11 is 0. The quantitative estimate of drug-likeness (QED) is 0.801. The standard InChI is InChI=1S/C17H19NO5/c1-17(2,3)23-15(20)13-9-10-14(19)18(13)16(21)22-11-12-7-5-4-6-8-12/h4-10,13H,11H2,1-3H3. The molecule has 1 heterocycles. The molecule has 0 N–H and O–H groups in total. The molecule has 1 aromatic rings. The minimum Gasteiger partial charge on any atom is -0.458 e. The molecule has 1 aromatic carbocycles. The molecule has 122 valence electrons. The van der Waals surface area contributed by atoms with Crippen LogP contribution in [0.1, 0.15) is 26.3 Å². The lowest BCUT2D eigenvalue weighted by Gasteiger charge is -2.25. The predicted octanol–water partition coefficient (Wildman–Crippen LogP) is 2.43. The van der Waals surface area contributed by atoms with E-state index in [0.29, 0.717) is 0 Å². The first-order valence-electron chi connectivity index (χ1n) is 7.23. The van der Waals surface area contributed by atoms with Crippen LogP contribution in [-0.2, 0) is 25.7 Å². The largest absolute Gasteiger partial charge is 0.458 e. The van der Waals surface area contributed by atoms with E-state index in [0.717, 1.165) is 10.5 Å². The van der Waals surface area contributed by atoms with Crippen LogP contribution < -0.4 is 0 Å². The van der Waals surface area contributed by atoms with Gasteiger partial charge in [-0.2, -0.15) is 0 Å². The third-order valence-corrected chi connectivity index (χ3v) is 2.99. The molecule has 0 spiro atoms. The Labute approximate surface area is 134 Å². The van der Waals surface area contributed by atoms with Crippen molar-refractivity contribution in [2.75, 3.05) is 0 Å². The van der Waals surface area contributed by atoms with Crippen molar-refractivity contribution in [3.63, 3.8) is 0 Å². The molecule has 6 nitrogen and oxygen atoms in total. The van der Waals surface area contributed by atoms with Gasteiger partial charge in [0.2, 0.25) is 0 Å². The number of benzene rings is 1. The van der Waals surface area contributed by atoms with E-state index >= 15 is 0 Å². The summed E-state index contributed by atoms with van der Waals surface area (Å²) in [7, 11) is 0. The number of imide groups is 1. The fraction of sp³-hybridized carbons (Fsp3) is 0.353. The smallest absolute Gasteiger partial charge is 0.418 e. The first kappa shape index (κ1) is 16.7. The highest BCUT2D eigenvalue weighted by Crippen LogP contribution is 2.18. The number of ether oxygens (including phenoxy) is 2. The average molecular weight is 317 g/mol. The minimum atomic E-state index is -1.09. The number of rotatable bonds is 3. The normalized spacial score (nSPS) is 17.3. The molecule has 0 bridgehead atoms. The maximum atomic E-state index is 12.1. The lowest BCUT2D eigenvalue weighted by atomic mass is 10.2. The van der Waals surface area contributed by atoms with E-state index in [1.807, 2.05) is 18.2 Å². The maximum absolute atomic E-state index is 12.1. The molecule has 0 saturated carbocycles. The van der Waals surface area contributed by atoms with Gasteiger partial charge in [-0.1, -0.05) is 30.3 Å². The number of amides is 2. The van der Waals surface area contributed by atoms with Crippen molar-refractivity contribution in [1.82, 2.24) is 4.90 Å². The summed E-state index contributed by atoms with van der Waals surface area (Å²) in [6.07, 6.45) is 1.62. The Kier molecular flexibility index (Phi) is 4.83. The van der Waals surface area contributed by atoms with Crippen molar-refractivity contribution in [3.8, 4) is 0 Å². The second kappa shape index (κ2) is 6.64. The molecular weight excluding hydrogens is 298 g/mol. The van der Waals surface area contributed by atoms with Gasteiger partial charge in [-0.05, 0) is 32.4 Å². The van der Waals surface area contributed by atoms with Crippen molar-refractivity contribution in [2.45, 2.75) is 39.0 Å². The minimum absolute atomic E-state index is 0.0183. The number of carbonyl (C=O) groups is 3. The molecule has 0 aromatic heterocycles. The van der Waals surface area contributed by atoms with Crippen LogP contribution in [0.3, 0.4) is 0 Å². The molecule has 0 fully saturated rings. The molecule has 0 radical (unpaired) electrons. The van der Waals surface area contributed by atoms with Crippen LogP contribution in [0.15, 0.2) is 42.5 Å². The molecule has 6 heteroatoms. The molecule has 0 saturated heterocycles. The van der Waals surface area contributed by atoms with E-state index in [4.69, 9.17) is 9.47 Å². The summed E-state index contributed by atoms with van der Waals surface area (Å²) in [5, 5.41) is 0. The molecule has 1 atom stereocenters. The maximum Gasteiger partial charge on any atom is 0.418 e. The van der Waals surface area contributed by atoms with Gasteiger partial charge < -0.3 is 9.47 Å². The first-order chi connectivity index (χ1) is 10.8. The van der Waals surface area contributed by atoms with Gasteiger partial charge in [0.05, 0.1) is 0 Å². The summed E-state index contributed by atoms with van der Waals surface area (Å²) in [6, 6.07) is 7.97. The van der Waals surface area contributed by atoms with Gasteiger partial charge in [0.15, 0.2) is 6.04 Å². The van der Waals surface area contributed by atoms with Crippen LogP contribution in [0, 0.1) is 0 Å². The van der Waals surface area contributed by atoms with Crippen molar-refractivity contribution in [2.24, 2.45) is 0 Å². The Hall–Kier alpha value is -2.63. The van der Waals surface area contributed by atoms with Crippen LogP contribution in [0.4, 0.5) is 4.79 Å². The summed E-state index contributed by atoms with van der Waals surface area (Å²) in [4.78, 5) is 36.9. The van der Waals surface area contributed by atoms with E-state index in [2.05, 4.69) is 0 Å². The van der Waals surface area contributed by atoms with Crippen molar-refractivity contribution in [3.05, 3.63) is 48.0 Å². The fourth-order valence-corrected chi connectivity index (χ4v) is 2.02. The van der Waals surface area contributed by atoms with E-state index in [1.165, 1.54) is 12.2 Å². The summed E-state index contributed by atoms with van der Waals surface area (Å²) < 4.78 is 10.3. The molecular formula is C17H19NO5. The highest BCUT2D eigenvalue weighted by Gasteiger charge is 2.39. The number of hydrogen-bond acceptors (Lipinski definition) is 5. The highest BCUT2D eigenvalue weighted by atomic mass is 16.6. The Morgan fingerprint density at radius 2 is 1.83 bits per heavy atom. The molecule has 1 aliphatic rings. The average Bonchev–Trinajstić information content (AvgIpc) is 2.86. The van der Waals surface area contributed by atoms with Crippen LogP contribution in [0.5, 0.6) is 0 Å². The SMILES string of the molecule is CC(C)(C)OC(=O)C1C=CC(=O)N1C(=O)OCc1ccccc1. The van der Waals surface area contributed by atoms with Crippen LogP contribution in [0.25, 0.3) is 0 Å². The highest BCUT2D eigenvalue weighted by molar-refractivity contribution is 6.06. The Bertz CT molecular complexity index is 630. The van der Waals surface area contributed by atoms with Gasteiger partial charge in [0.25, 0.3) is 5.91 Å². The van der Waals surface area contributed by atoms with Gasteiger partial charge in [-0.15, -0.1) is 0 Å². The number of esters is 1. The van der Waals surface area contributed by atoms with Gasteiger partial charge in [-0.3, -0.25) is 4.79 Å². The second-order valence-electron chi connectivity index (χ2n) is 6.09. The molecule has 2 amide bonds. The van der Waals surface area contributed by atoms with E-state index in [9.17, 15) is 14.4 Å². The van der Waals surface area contributed by atoms with Crippen molar-refractivity contribution < 1.29 is 23.9 Å². The number of nitrogens with zero attached hydrogens (tertiary/aromatic N) is 1. The summed E-state index contributed by atoms with van der Waals surface area (Å²) in [6.45, 7) is 5.15. The zero-order valence-corrected chi connectivity index (χ0v) is 13.3. The molecule has 1 unspecified atom stereocenters. The molecule has 0 aliphatic carbocycles. The zero-order chi connectivity index (χ0) is 17.0. The third-order valence-electron chi connectivity index (χ3n) is 2.99. The predicted molar refractivity (Wildman–Crippen MR) is 82.2 cm³/mol. The monoisotopic (exact) mass is 317 g/mol. The van der Waals surface area contributed by atoms with Crippen LogP contribution >= 0.6 is 0 Å². The first-order valence-corrected chi connectivity index (χ1v) is 7.23. The van der Waals surface area contributed by atoms with E-state index in [1.54, 1.807) is 32.9 Å². The topological polar surface area (TPSA) is 72.9 Å². The Morgan fingerprint density at radius 1 is 1.17 bits per heavy atom. The van der Waals surface area contributed by atoms with Crippen LogP contribution in [-0.4, -0.2) is 34.5 Å². The van der Waals surface area contributed by atoms with Gasteiger partial charge in [-0.25, -0.2) is 14.5 Å². The molecule has 1 aliphatic heterocycles. The van der Waals surface area contributed by atoms with Gasteiger partial charge in [0, 0.05) is 6.08 Å². The summed E-state index contributed by atoms with van der Waals surface area (Å²) in [5.41, 5.74) is 0.0742. The Balaban J connectivity index is 2.02. The van der Waals surface area contributed by atoms with Crippen LogP contribution in [0.2, 0.25) is 0 Å². The number of carbonyl (C=O) groups excluding carboxylic acids is 3. The second-order valence-corrected chi connectivity index (χ2v) is 6.09. The lowest BCUT2D eigenvalue weighted by molar-refractivity contribution is -0.160. The van der Waals surface area contributed by atoms with E-state index in [-0.39, 0.29) is 6.61 Å². The van der Waals surface area contributed by atoms with Crippen molar-refractivity contribution in [1.29, 1.82) is 0 Å². The van der Waals surface area contributed by atoms with Crippen molar-refractivity contribution >= 4 is 18.0 Å². The summed E-state index contributed by atoms with van der Waals surface area (Å²) in [5.74, 6) is -1.27. The third kappa shape index (κ3) is 4.42. The van der Waals surface area contributed by atoms with Gasteiger partial charge >= 0.3 is 12.1 Å². The lowest BCUT2D eigenvalue weighted by Crippen LogP contribution is -2.46.